The number of thioether (sulfide) groups is 1. The van der Waals surface area contributed by atoms with Crippen LogP contribution in [0.2, 0.25) is 0 Å². The number of carbonyl (C=O) groups excluding carboxylic acids is 2. The number of hydrogen-bond acceptors (Lipinski definition) is 7. The van der Waals surface area contributed by atoms with E-state index >= 15 is 0 Å². The number of nitrogens with one attached hydrogen (secondary N) is 1. The molecule has 3 N–H and O–H groups in total. The second-order valence-electron chi connectivity index (χ2n) is 8.86. The molecule has 1 unspecified atom stereocenters. The van der Waals surface area contributed by atoms with E-state index in [0.29, 0.717) is 21.6 Å². The van der Waals surface area contributed by atoms with Gasteiger partial charge in [0.25, 0.3) is 5.91 Å². The van der Waals surface area contributed by atoms with Crippen molar-refractivity contribution in [3.05, 3.63) is 45.6 Å². The Morgan fingerprint density at radius 1 is 1.29 bits per heavy atom. The molecular weight excluding hydrogens is 499 g/mol. The molecule has 10 heteroatoms. The quantitative estimate of drug-likeness (QED) is 0.292. The molecule has 2 amide bonds. The number of aromatic nitrogens is 3. The molecule has 1 atom stereocenters. The standard InChI is InChI=1S/C25H27N5O2S3/c1-3-10-30-23(17-12-33-18-7-5-4-6-15(17)18)28-29-25(30)34-13-20(31)27-24-21(22(26)32)16-9-8-14(2)11-19(16)35-24/h4-7,12,14H,3,8-11,13H2,1-2H3,(H2,26,32)(H,27,31). The molecule has 0 aliphatic heterocycles. The predicted octanol–water partition coefficient (Wildman–Crippen LogP) is 5.59. The van der Waals surface area contributed by atoms with Crippen LogP contribution in [0.15, 0.2) is 34.8 Å². The highest BCUT2D eigenvalue weighted by Crippen LogP contribution is 2.40. The highest BCUT2D eigenvalue weighted by molar-refractivity contribution is 7.99. The fourth-order valence-corrected chi connectivity index (χ4v) is 7.70. The number of anilines is 1. The Morgan fingerprint density at radius 3 is 2.91 bits per heavy atom. The summed E-state index contributed by atoms with van der Waals surface area (Å²) >= 11 is 4.53. The van der Waals surface area contributed by atoms with E-state index in [9.17, 15) is 9.59 Å². The fraction of sp³-hybridized carbons (Fsp3) is 0.360. The van der Waals surface area contributed by atoms with Gasteiger partial charge in [-0.15, -0.1) is 32.9 Å². The molecule has 1 aromatic carbocycles. The lowest BCUT2D eigenvalue weighted by Crippen LogP contribution is -2.20. The number of fused-ring (bicyclic) bond motifs is 2. The Kier molecular flexibility index (Phi) is 6.95. The van der Waals surface area contributed by atoms with Gasteiger partial charge >= 0.3 is 0 Å². The minimum atomic E-state index is -0.477. The second-order valence-corrected chi connectivity index (χ2v) is 11.8. The van der Waals surface area contributed by atoms with E-state index in [2.05, 4.69) is 51.4 Å². The zero-order valence-corrected chi connectivity index (χ0v) is 22.1. The molecule has 1 aliphatic carbocycles. The van der Waals surface area contributed by atoms with Crippen LogP contribution < -0.4 is 11.1 Å². The fourth-order valence-electron chi connectivity index (χ4n) is 4.56. The molecule has 0 radical (unpaired) electrons. The number of nitrogens with zero attached hydrogens (tertiary/aromatic N) is 3. The molecule has 1 aliphatic rings. The van der Waals surface area contributed by atoms with Crippen molar-refractivity contribution in [1.29, 1.82) is 0 Å². The summed E-state index contributed by atoms with van der Waals surface area (Å²) in [6.45, 7) is 5.08. The summed E-state index contributed by atoms with van der Waals surface area (Å²) in [5, 5.41) is 16.4. The van der Waals surface area contributed by atoms with Crippen molar-refractivity contribution in [2.45, 2.75) is 51.2 Å². The number of nitrogens with two attached hydrogens (primary N) is 1. The van der Waals surface area contributed by atoms with Gasteiger partial charge in [0, 0.05) is 32.5 Å². The topological polar surface area (TPSA) is 103 Å². The van der Waals surface area contributed by atoms with Crippen molar-refractivity contribution < 1.29 is 9.59 Å². The number of hydrogen-bond donors (Lipinski definition) is 2. The Morgan fingerprint density at radius 2 is 2.11 bits per heavy atom. The maximum atomic E-state index is 12.9. The lowest BCUT2D eigenvalue weighted by atomic mass is 9.88. The average Bonchev–Trinajstić information content (AvgIpc) is 3.52. The van der Waals surface area contributed by atoms with Gasteiger partial charge in [0.15, 0.2) is 11.0 Å². The number of amides is 2. The Labute approximate surface area is 216 Å². The van der Waals surface area contributed by atoms with E-state index in [1.54, 1.807) is 11.3 Å². The van der Waals surface area contributed by atoms with Gasteiger partial charge < -0.3 is 15.6 Å². The van der Waals surface area contributed by atoms with Crippen LogP contribution in [0.1, 0.15) is 47.5 Å². The SMILES string of the molecule is CCCn1c(SCC(=O)Nc2sc3c(c2C(N)=O)CCC(C)C3)nnc1-c1csc2ccccc12. The molecule has 182 valence electrons. The third-order valence-corrected chi connectivity index (χ3v) is 9.33. The van der Waals surface area contributed by atoms with Crippen LogP contribution in [0.5, 0.6) is 0 Å². The van der Waals surface area contributed by atoms with Crippen LogP contribution >= 0.6 is 34.4 Å². The molecule has 3 heterocycles. The molecular formula is C25H27N5O2S3. The van der Waals surface area contributed by atoms with E-state index in [0.717, 1.165) is 59.4 Å². The molecule has 5 rings (SSSR count). The highest BCUT2D eigenvalue weighted by atomic mass is 32.2. The van der Waals surface area contributed by atoms with Crippen molar-refractivity contribution in [3.8, 4) is 11.4 Å². The van der Waals surface area contributed by atoms with Crippen LogP contribution in [-0.4, -0.2) is 32.3 Å². The second kappa shape index (κ2) is 10.1. The monoisotopic (exact) mass is 525 g/mol. The van der Waals surface area contributed by atoms with Gasteiger partial charge in [0.05, 0.1) is 11.3 Å². The van der Waals surface area contributed by atoms with Gasteiger partial charge in [-0.25, -0.2) is 0 Å². The summed E-state index contributed by atoms with van der Waals surface area (Å²) < 4.78 is 3.30. The van der Waals surface area contributed by atoms with Crippen molar-refractivity contribution in [1.82, 2.24) is 14.8 Å². The van der Waals surface area contributed by atoms with Gasteiger partial charge in [-0.2, -0.15) is 0 Å². The zero-order chi connectivity index (χ0) is 24.5. The number of thiophene rings is 2. The summed E-state index contributed by atoms with van der Waals surface area (Å²) in [6, 6.07) is 8.27. The third-order valence-electron chi connectivity index (χ3n) is 6.23. The van der Waals surface area contributed by atoms with Crippen LogP contribution in [0, 0.1) is 5.92 Å². The normalized spacial score (nSPS) is 15.3. The zero-order valence-electron chi connectivity index (χ0n) is 19.7. The lowest BCUT2D eigenvalue weighted by molar-refractivity contribution is -0.113. The average molecular weight is 526 g/mol. The predicted molar refractivity (Wildman–Crippen MR) is 145 cm³/mol. The summed E-state index contributed by atoms with van der Waals surface area (Å²) in [5.41, 5.74) is 8.25. The first-order valence-corrected chi connectivity index (χ1v) is 14.4. The molecule has 0 saturated heterocycles. The summed E-state index contributed by atoms with van der Waals surface area (Å²) in [7, 11) is 0. The van der Waals surface area contributed by atoms with Crippen molar-refractivity contribution in [2.24, 2.45) is 11.7 Å². The van der Waals surface area contributed by atoms with Crippen LogP contribution in [0.25, 0.3) is 21.5 Å². The van der Waals surface area contributed by atoms with Gasteiger partial charge in [-0.1, -0.05) is 43.8 Å². The molecule has 0 saturated carbocycles. The lowest BCUT2D eigenvalue weighted by Gasteiger charge is -2.18. The van der Waals surface area contributed by atoms with Crippen molar-refractivity contribution in [3.63, 3.8) is 0 Å². The molecule has 35 heavy (non-hydrogen) atoms. The van der Waals surface area contributed by atoms with E-state index in [4.69, 9.17) is 5.73 Å². The third kappa shape index (κ3) is 4.74. The molecule has 4 aromatic rings. The molecule has 0 spiro atoms. The number of carbonyl (C=O) groups is 2. The van der Waals surface area contributed by atoms with Crippen molar-refractivity contribution >= 4 is 61.3 Å². The Bertz CT molecular complexity index is 1400. The van der Waals surface area contributed by atoms with Crippen LogP contribution in [-0.2, 0) is 24.2 Å². The van der Waals surface area contributed by atoms with Gasteiger partial charge in [-0.05, 0) is 43.2 Å². The summed E-state index contributed by atoms with van der Waals surface area (Å²) in [5.74, 6) is 0.903. The first-order chi connectivity index (χ1) is 17.0. The molecule has 3 aromatic heterocycles. The number of rotatable bonds is 8. The first-order valence-electron chi connectivity index (χ1n) is 11.7. The van der Waals surface area contributed by atoms with E-state index in [-0.39, 0.29) is 11.7 Å². The maximum absolute atomic E-state index is 12.9. The highest BCUT2D eigenvalue weighted by Gasteiger charge is 2.27. The van der Waals surface area contributed by atoms with Gasteiger partial charge in [0.1, 0.15) is 5.00 Å². The van der Waals surface area contributed by atoms with Crippen LogP contribution in [0.4, 0.5) is 5.00 Å². The Hall–Kier alpha value is -2.69. The minimum Gasteiger partial charge on any atom is -0.365 e. The molecule has 0 fully saturated rings. The number of primary amides is 1. The maximum Gasteiger partial charge on any atom is 0.251 e. The number of benzene rings is 1. The van der Waals surface area contributed by atoms with Gasteiger partial charge in [-0.3, -0.25) is 9.59 Å². The van der Waals surface area contributed by atoms with Gasteiger partial charge in [0.2, 0.25) is 5.91 Å². The van der Waals surface area contributed by atoms with E-state index in [1.165, 1.54) is 27.8 Å². The Balaban J connectivity index is 1.34. The largest absolute Gasteiger partial charge is 0.365 e. The summed E-state index contributed by atoms with van der Waals surface area (Å²) in [6.07, 6.45) is 3.71. The summed E-state index contributed by atoms with van der Waals surface area (Å²) in [4.78, 5) is 26.2. The minimum absolute atomic E-state index is 0.170. The van der Waals surface area contributed by atoms with E-state index in [1.807, 2.05) is 12.1 Å². The molecule has 7 nitrogen and oxygen atoms in total. The van der Waals surface area contributed by atoms with Crippen LogP contribution in [0.3, 0.4) is 0 Å². The van der Waals surface area contributed by atoms with Crippen molar-refractivity contribution in [2.75, 3.05) is 11.1 Å². The van der Waals surface area contributed by atoms with E-state index < -0.39 is 5.91 Å². The first kappa shape index (κ1) is 24.0. The smallest absolute Gasteiger partial charge is 0.251 e. The molecule has 0 bridgehead atoms.